The Morgan fingerprint density at radius 3 is 1.21 bits per heavy atom. The number of aliphatic hydroxyl groups excluding tert-OH is 1. The molecule has 0 rings (SSSR count). The van der Waals surface area contributed by atoms with Crippen molar-refractivity contribution in [2.24, 2.45) is 0 Å². The van der Waals surface area contributed by atoms with Gasteiger partial charge in [0.05, 0.1) is 39.9 Å². The molecule has 70 heavy (non-hydrogen) atoms. The molecule has 0 aliphatic carbocycles. The molecule has 0 aromatic carbocycles. The molecule has 9 heteroatoms. The molecule has 0 aliphatic rings. The lowest BCUT2D eigenvalue weighted by Crippen LogP contribution is -2.45. The first-order valence-corrected chi connectivity index (χ1v) is 31.5. The number of quaternary nitrogens is 1. The van der Waals surface area contributed by atoms with Gasteiger partial charge in [-0.15, -0.1) is 0 Å². The lowest BCUT2D eigenvalue weighted by Gasteiger charge is -2.29. The van der Waals surface area contributed by atoms with Gasteiger partial charge < -0.3 is 28.8 Å². The average molecular weight is 1010 g/mol. The molecule has 0 heterocycles. The van der Waals surface area contributed by atoms with E-state index in [1.54, 1.807) is 6.08 Å². The Morgan fingerprint density at radius 1 is 0.486 bits per heavy atom. The molecule has 0 aromatic rings. The van der Waals surface area contributed by atoms with Gasteiger partial charge in [-0.2, -0.15) is 0 Å². The summed E-state index contributed by atoms with van der Waals surface area (Å²) in [5.41, 5.74) is 0. The van der Waals surface area contributed by atoms with E-state index < -0.39 is 26.6 Å². The molecule has 0 radical (unpaired) electrons. The maximum Gasteiger partial charge on any atom is 0.268 e. The number of likely N-dealkylation sites (N-methyl/N-ethyl adjacent to an activating group) is 1. The average Bonchev–Trinajstić information content (AvgIpc) is 3.32. The molecular weight excluding hydrogens is 888 g/mol. The molecule has 412 valence electrons. The zero-order chi connectivity index (χ0) is 51.3. The van der Waals surface area contributed by atoms with Gasteiger partial charge in [-0.25, -0.2) is 0 Å². The van der Waals surface area contributed by atoms with Crippen molar-refractivity contribution in [2.45, 2.75) is 296 Å². The number of allylic oxidation sites excluding steroid dienone is 7. The van der Waals surface area contributed by atoms with Crippen molar-refractivity contribution in [2.75, 3.05) is 40.9 Å². The fraction of sp³-hybridized carbons (Fsp3) is 0.852. The largest absolute Gasteiger partial charge is 0.756 e. The van der Waals surface area contributed by atoms with E-state index in [0.29, 0.717) is 17.4 Å². The van der Waals surface area contributed by atoms with Crippen LogP contribution in [0.1, 0.15) is 284 Å². The number of carbonyl (C=O) groups is 1. The van der Waals surface area contributed by atoms with Crippen LogP contribution in [-0.2, 0) is 18.4 Å². The summed E-state index contributed by atoms with van der Waals surface area (Å²) in [6.07, 6.45) is 69.6. The molecule has 8 nitrogen and oxygen atoms in total. The van der Waals surface area contributed by atoms with Crippen LogP contribution in [0.5, 0.6) is 0 Å². The zero-order valence-corrected chi connectivity index (χ0v) is 47.9. The second-order valence-electron chi connectivity index (χ2n) is 21.7. The summed E-state index contributed by atoms with van der Waals surface area (Å²) >= 11 is 0. The number of nitrogens with one attached hydrogen (secondary N) is 1. The molecule has 0 aromatic heterocycles. The Labute approximate surface area is 435 Å². The number of amides is 1. The third-order valence-corrected chi connectivity index (χ3v) is 14.4. The highest BCUT2D eigenvalue weighted by Gasteiger charge is 2.23. The summed E-state index contributed by atoms with van der Waals surface area (Å²) in [4.78, 5) is 25.4. The van der Waals surface area contributed by atoms with E-state index >= 15 is 0 Å². The first kappa shape index (κ1) is 68.5. The molecule has 3 atom stereocenters. The smallest absolute Gasteiger partial charge is 0.268 e. The van der Waals surface area contributed by atoms with Crippen LogP contribution in [0.4, 0.5) is 0 Å². The van der Waals surface area contributed by atoms with Gasteiger partial charge in [-0.3, -0.25) is 9.36 Å². The second-order valence-corrected chi connectivity index (χ2v) is 23.1. The van der Waals surface area contributed by atoms with E-state index in [1.165, 1.54) is 212 Å². The summed E-state index contributed by atoms with van der Waals surface area (Å²) < 4.78 is 23.2. The van der Waals surface area contributed by atoms with E-state index in [4.69, 9.17) is 9.05 Å². The maximum atomic E-state index is 12.9. The lowest BCUT2D eigenvalue weighted by atomic mass is 10.0. The normalized spacial score (nSPS) is 14.2. The summed E-state index contributed by atoms with van der Waals surface area (Å²) in [6.45, 7) is 4.56. The fourth-order valence-electron chi connectivity index (χ4n) is 8.78. The molecule has 2 N–H and O–H groups in total. The van der Waals surface area contributed by atoms with Crippen LogP contribution >= 0.6 is 7.82 Å². The molecular formula is C61H117N2O6P. The van der Waals surface area contributed by atoms with Crippen molar-refractivity contribution in [3.8, 4) is 0 Å². The van der Waals surface area contributed by atoms with Gasteiger partial charge in [0.25, 0.3) is 7.82 Å². The minimum atomic E-state index is -4.60. The third-order valence-electron chi connectivity index (χ3n) is 13.5. The van der Waals surface area contributed by atoms with Crippen LogP contribution in [-0.4, -0.2) is 68.5 Å². The molecule has 3 unspecified atom stereocenters. The van der Waals surface area contributed by atoms with E-state index in [-0.39, 0.29) is 12.5 Å². The minimum Gasteiger partial charge on any atom is -0.756 e. The molecule has 0 saturated carbocycles. The van der Waals surface area contributed by atoms with Gasteiger partial charge in [-0.05, 0) is 64.2 Å². The van der Waals surface area contributed by atoms with Crippen LogP contribution < -0.4 is 10.2 Å². The number of phosphoric ester groups is 1. The number of phosphoric acid groups is 1. The molecule has 0 bridgehead atoms. The lowest BCUT2D eigenvalue weighted by molar-refractivity contribution is -0.870. The summed E-state index contributed by atoms with van der Waals surface area (Å²) in [5.74, 6) is -0.210. The van der Waals surface area contributed by atoms with Crippen molar-refractivity contribution < 1.29 is 32.9 Å². The highest BCUT2D eigenvalue weighted by Crippen LogP contribution is 2.38. The Bertz CT molecular complexity index is 1280. The monoisotopic (exact) mass is 1000 g/mol. The van der Waals surface area contributed by atoms with Crippen molar-refractivity contribution in [3.63, 3.8) is 0 Å². The van der Waals surface area contributed by atoms with Crippen molar-refractivity contribution in [1.29, 1.82) is 0 Å². The van der Waals surface area contributed by atoms with Gasteiger partial charge in [0.1, 0.15) is 13.2 Å². The topological polar surface area (TPSA) is 108 Å². The molecule has 0 spiro atoms. The van der Waals surface area contributed by atoms with Crippen molar-refractivity contribution in [1.82, 2.24) is 5.32 Å². The van der Waals surface area contributed by atoms with Gasteiger partial charge in [0, 0.05) is 6.42 Å². The standard InChI is InChI=1S/C61H117N2O6P/c1-6-8-10-12-14-16-18-19-20-21-22-23-24-25-26-27-28-29-30-31-32-33-34-35-36-37-38-39-40-41-42-43-45-47-49-51-53-55-61(65)62-59(58-69-70(66,67)68-57-56-63(3,4)5)60(64)54-52-50-48-46-44-17-15-13-11-9-7-2/h11,13,21-22,44,46,52,54,59-60,64H,6-10,12,14-20,23-43,45,47-51,53,55-58H2,1-5H3,(H-,62,65,66,67)/b13-11+,22-21-,46-44+,54-52+. The Morgan fingerprint density at radius 2 is 0.829 bits per heavy atom. The predicted octanol–water partition coefficient (Wildman–Crippen LogP) is 17.7. The fourth-order valence-corrected chi connectivity index (χ4v) is 9.50. The molecule has 0 saturated heterocycles. The van der Waals surface area contributed by atoms with E-state index in [2.05, 4.69) is 55.6 Å². The van der Waals surface area contributed by atoms with Crippen LogP contribution in [0, 0.1) is 0 Å². The summed E-state index contributed by atoms with van der Waals surface area (Å²) in [6, 6.07) is -0.907. The maximum absolute atomic E-state index is 12.9. The predicted molar refractivity (Wildman–Crippen MR) is 302 cm³/mol. The van der Waals surface area contributed by atoms with Crippen LogP contribution in [0.25, 0.3) is 0 Å². The third kappa shape index (κ3) is 54.2. The van der Waals surface area contributed by atoms with Crippen LogP contribution in [0.15, 0.2) is 48.6 Å². The number of carbonyl (C=O) groups excluding carboxylic acids is 1. The van der Waals surface area contributed by atoms with E-state index in [0.717, 1.165) is 51.4 Å². The SMILES string of the molecule is CCC/C=C/CC/C=C/CC/C=C/C(O)C(COP(=O)([O-])OCC[N+](C)(C)C)NC(=O)CCCCCCCCCCCCCCCCCCCCCCCCCCC/C=C\CCCCCCCCCC. The number of unbranched alkanes of at least 4 members (excludes halogenated alkanes) is 36. The number of rotatable bonds is 55. The minimum absolute atomic E-state index is 0.00861. The van der Waals surface area contributed by atoms with Gasteiger partial charge in [0.15, 0.2) is 0 Å². The van der Waals surface area contributed by atoms with Gasteiger partial charge >= 0.3 is 0 Å². The first-order chi connectivity index (χ1) is 34.0. The highest BCUT2D eigenvalue weighted by atomic mass is 31.2. The molecule has 1 amide bonds. The Kier molecular flexibility index (Phi) is 51.2. The number of nitrogens with zero attached hydrogens (tertiary/aromatic N) is 1. The van der Waals surface area contributed by atoms with Gasteiger partial charge in [0.2, 0.25) is 5.91 Å². The summed E-state index contributed by atoms with van der Waals surface area (Å²) in [5, 5.41) is 13.8. The van der Waals surface area contributed by atoms with Crippen LogP contribution in [0.3, 0.4) is 0 Å². The Balaban J connectivity index is 3.87. The van der Waals surface area contributed by atoms with E-state index in [9.17, 15) is 19.4 Å². The first-order valence-electron chi connectivity index (χ1n) is 30.0. The molecule has 0 aliphatic heterocycles. The van der Waals surface area contributed by atoms with Gasteiger partial charge in [-0.1, -0.05) is 262 Å². The number of hydrogen-bond acceptors (Lipinski definition) is 6. The van der Waals surface area contributed by atoms with Crippen molar-refractivity contribution in [3.05, 3.63) is 48.6 Å². The summed E-state index contributed by atoms with van der Waals surface area (Å²) in [7, 11) is 1.24. The highest BCUT2D eigenvalue weighted by molar-refractivity contribution is 7.45. The number of hydrogen-bond donors (Lipinski definition) is 2. The van der Waals surface area contributed by atoms with Crippen molar-refractivity contribution >= 4 is 13.7 Å². The number of aliphatic hydroxyl groups is 1. The Hall–Kier alpha value is -1.54. The molecule has 0 fully saturated rings. The second kappa shape index (κ2) is 52.3. The zero-order valence-electron chi connectivity index (χ0n) is 47.0. The van der Waals surface area contributed by atoms with Crippen LogP contribution in [0.2, 0.25) is 0 Å². The van der Waals surface area contributed by atoms with E-state index in [1.807, 2.05) is 27.2 Å². The quantitative estimate of drug-likeness (QED) is 0.0272.